The highest BCUT2D eigenvalue weighted by Crippen LogP contribution is 2.29. The molecule has 182 valence electrons. The summed E-state index contributed by atoms with van der Waals surface area (Å²) in [5.74, 6) is -0.904. The zero-order chi connectivity index (χ0) is 24.2. The SMILES string of the molecule is CCNC(=O)CCC(CC)(CC)OCCC(CC)(CC)NC(=O)CCN1C(=O)C=CC1=O. The van der Waals surface area contributed by atoms with Crippen molar-refractivity contribution in [2.45, 2.75) is 97.1 Å². The Morgan fingerprint density at radius 3 is 1.97 bits per heavy atom. The van der Waals surface area contributed by atoms with Crippen molar-refractivity contribution in [3.05, 3.63) is 12.2 Å². The van der Waals surface area contributed by atoms with E-state index in [2.05, 4.69) is 24.5 Å². The summed E-state index contributed by atoms with van der Waals surface area (Å²) >= 11 is 0. The van der Waals surface area contributed by atoms with E-state index in [1.807, 2.05) is 20.8 Å². The second kappa shape index (κ2) is 13.4. The Bertz CT molecular complexity index is 663. The van der Waals surface area contributed by atoms with Crippen LogP contribution in [0.15, 0.2) is 12.2 Å². The second-order valence-corrected chi connectivity index (χ2v) is 8.39. The van der Waals surface area contributed by atoms with E-state index in [4.69, 9.17) is 4.74 Å². The summed E-state index contributed by atoms with van der Waals surface area (Å²) in [6.07, 6.45) is 7.37. The highest BCUT2D eigenvalue weighted by molar-refractivity contribution is 6.13. The van der Waals surface area contributed by atoms with E-state index in [0.717, 1.165) is 30.6 Å². The summed E-state index contributed by atoms with van der Waals surface area (Å²) in [5.41, 5.74) is -0.771. The molecule has 0 radical (unpaired) electrons. The number of nitrogens with zero attached hydrogens (tertiary/aromatic N) is 1. The Kier molecular flexibility index (Phi) is 11.6. The maximum Gasteiger partial charge on any atom is 0.253 e. The van der Waals surface area contributed by atoms with Crippen molar-refractivity contribution in [1.29, 1.82) is 0 Å². The van der Waals surface area contributed by atoms with Crippen molar-refractivity contribution in [1.82, 2.24) is 15.5 Å². The van der Waals surface area contributed by atoms with Gasteiger partial charge in [-0.1, -0.05) is 27.7 Å². The van der Waals surface area contributed by atoms with Gasteiger partial charge in [-0.3, -0.25) is 24.1 Å². The lowest BCUT2D eigenvalue weighted by Crippen LogP contribution is -2.49. The average molecular weight is 452 g/mol. The molecular formula is C24H41N3O5. The summed E-state index contributed by atoms with van der Waals surface area (Å²) in [4.78, 5) is 48.9. The normalized spacial score (nSPS) is 14.2. The van der Waals surface area contributed by atoms with Gasteiger partial charge in [0.1, 0.15) is 0 Å². The Hall–Kier alpha value is -2.22. The maximum atomic E-state index is 12.6. The van der Waals surface area contributed by atoms with Gasteiger partial charge in [0.2, 0.25) is 11.8 Å². The quantitative estimate of drug-likeness (QED) is 0.351. The second-order valence-electron chi connectivity index (χ2n) is 8.39. The largest absolute Gasteiger partial charge is 0.375 e. The first-order chi connectivity index (χ1) is 15.2. The molecule has 8 heteroatoms. The lowest BCUT2D eigenvalue weighted by Gasteiger charge is -2.37. The van der Waals surface area contributed by atoms with E-state index in [1.54, 1.807) is 0 Å². The summed E-state index contributed by atoms with van der Waals surface area (Å²) in [6.45, 7) is 11.3. The van der Waals surface area contributed by atoms with Gasteiger partial charge in [0.25, 0.3) is 11.8 Å². The van der Waals surface area contributed by atoms with Crippen LogP contribution < -0.4 is 10.6 Å². The fourth-order valence-corrected chi connectivity index (χ4v) is 4.04. The Morgan fingerprint density at radius 1 is 0.875 bits per heavy atom. The van der Waals surface area contributed by atoms with Gasteiger partial charge in [0.05, 0.1) is 5.60 Å². The van der Waals surface area contributed by atoms with Gasteiger partial charge in [-0.25, -0.2) is 0 Å². The molecule has 0 saturated heterocycles. The number of carbonyl (C=O) groups excluding carboxylic acids is 4. The highest BCUT2D eigenvalue weighted by Gasteiger charge is 2.32. The zero-order valence-corrected chi connectivity index (χ0v) is 20.4. The summed E-state index contributed by atoms with van der Waals surface area (Å²) in [7, 11) is 0. The fraction of sp³-hybridized carbons (Fsp3) is 0.750. The van der Waals surface area contributed by atoms with Crippen molar-refractivity contribution in [2.24, 2.45) is 0 Å². The van der Waals surface area contributed by atoms with E-state index in [0.29, 0.717) is 32.4 Å². The molecule has 1 heterocycles. The van der Waals surface area contributed by atoms with Crippen LogP contribution in [0.2, 0.25) is 0 Å². The van der Waals surface area contributed by atoms with Crippen LogP contribution in [0.25, 0.3) is 0 Å². The third-order valence-electron chi connectivity index (χ3n) is 6.68. The Balaban J connectivity index is 2.63. The number of carbonyl (C=O) groups is 4. The minimum Gasteiger partial charge on any atom is -0.375 e. The van der Waals surface area contributed by atoms with Gasteiger partial charge in [-0.05, 0) is 45.4 Å². The molecule has 0 atom stereocenters. The molecule has 0 aromatic heterocycles. The number of nitrogens with one attached hydrogen (secondary N) is 2. The van der Waals surface area contributed by atoms with Crippen LogP contribution in [-0.2, 0) is 23.9 Å². The van der Waals surface area contributed by atoms with Crippen LogP contribution in [0.4, 0.5) is 0 Å². The molecule has 32 heavy (non-hydrogen) atoms. The van der Waals surface area contributed by atoms with Crippen LogP contribution in [0.3, 0.4) is 0 Å². The first kappa shape index (κ1) is 27.8. The monoisotopic (exact) mass is 451 g/mol. The van der Waals surface area contributed by atoms with Crippen LogP contribution >= 0.6 is 0 Å². The van der Waals surface area contributed by atoms with Crippen molar-refractivity contribution in [3.63, 3.8) is 0 Å². The topological polar surface area (TPSA) is 105 Å². The zero-order valence-electron chi connectivity index (χ0n) is 20.4. The van der Waals surface area contributed by atoms with Gasteiger partial charge < -0.3 is 15.4 Å². The minimum absolute atomic E-state index is 0.0382. The van der Waals surface area contributed by atoms with Crippen LogP contribution in [0, 0.1) is 0 Å². The molecule has 0 aliphatic carbocycles. The number of hydrogen-bond acceptors (Lipinski definition) is 5. The Labute approximate surface area is 192 Å². The van der Waals surface area contributed by atoms with Gasteiger partial charge in [-0.2, -0.15) is 0 Å². The molecule has 1 rings (SSSR count). The fourth-order valence-electron chi connectivity index (χ4n) is 4.04. The predicted molar refractivity (Wildman–Crippen MR) is 124 cm³/mol. The molecule has 2 N–H and O–H groups in total. The van der Waals surface area contributed by atoms with Crippen molar-refractivity contribution in [2.75, 3.05) is 19.7 Å². The molecule has 0 aromatic carbocycles. The molecule has 0 unspecified atom stereocenters. The molecule has 1 aliphatic heterocycles. The molecular weight excluding hydrogens is 410 g/mol. The molecule has 4 amide bonds. The van der Waals surface area contributed by atoms with Gasteiger partial charge in [-0.15, -0.1) is 0 Å². The molecule has 0 fully saturated rings. The van der Waals surface area contributed by atoms with Crippen molar-refractivity contribution in [3.8, 4) is 0 Å². The maximum absolute atomic E-state index is 12.6. The number of ether oxygens (including phenoxy) is 1. The van der Waals surface area contributed by atoms with Gasteiger partial charge in [0.15, 0.2) is 0 Å². The molecule has 0 aromatic rings. The lowest BCUT2D eigenvalue weighted by molar-refractivity contribution is -0.137. The third kappa shape index (κ3) is 8.04. The van der Waals surface area contributed by atoms with E-state index in [-0.39, 0.29) is 42.2 Å². The molecule has 0 bridgehead atoms. The van der Waals surface area contributed by atoms with Crippen molar-refractivity contribution >= 4 is 23.6 Å². The number of amides is 4. The number of hydrogen-bond donors (Lipinski definition) is 2. The van der Waals surface area contributed by atoms with Gasteiger partial charge in [0, 0.05) is 50.2 Å². The minimum atomic E-state index is -0.416. The average Bonchev–Trinajstić information content (AvgIpc) is 3.11. The smallest absolute Gasteiger partial charge is 0.253 e. The van der Waals surface area contributed by atoms with Gasteiger partial charge >= 0.3 is 0 Å². The standard InChI is InChI=1S/C24H41N3O5/c1-6-23(7-2,26-20(29)14-17-27-21(30)11-12-22(27)31)16-18-32-24(8-3,9-4)15-13-19(28)25-10-5/h11-12H,6-10,13-18H2,1-5H3,(H,25,28)(H,26,29). The third-order valence-corrected chi connectivity index (χ3v) is 6.68. The summed E-state index contributed by atoms with van der Waals surface area (Å²) < 4.78 is 6.33. The summed E-state index contributed by atoms with van der Waals surface area (Å²) in [6, 6.07) is 0. The number of rotatable bonds is 16. The van der Waals surface area contributed by atoms with E-state index in [9.17, 15) is 19.2 Å². The predicted octanol–water partition coefficient (Wildman–Crippen LogP) is 2.86. The number of imide groups is 1. The van der Waals surface area contributed by atoms with Crippen LogP contribution in [-0.4, -0.2) is 59.4 Å². The molecule has 0 spiro atoms. The molecule has 1 aliphatic rings. The molecule has 8 nitrogen and oxygen atoms in total. The summed E-state index contributed by atoms with van der Waals surface area (Å²) in [5, 5.41) is 5.95. The first-order valence-corrected chi connectivity index (χ1v) is 12.0. The molecule has 0 saturated carbocycles. The Morgan fingerprint density at radius 2 is 1.47 bits per heavy atom. The van der Waals surface area contributed by atoms with E-state index >= 15 is 0 Å². The highest BCUT2D eigenvalue weighted by atomic mass is 16.5. The van der Waals surface area contributed by atoms with E-state index < -0.39 is 5.54 Å². The van der Waals surface area contributed by atoms with Crippen LogP contribution in [0.5, 0.6) is 0 Å². The van der Waals surface area contributed by atoms with E-state index in [1.165, 1.54) is 12.2 Å². The van der Waals surface area contributed by atoms with Crippen LogP contribution in [0.1, 0.15) is 86.0 Å². The lowest BCUT2D eigenvalue weighted by atomic mass is 9.88. The first-order valence-electron chi connectivity index (χ1n) is 12.0. The van der Waals surface area contributed by atoms with Crippen molar-refractivity contribution < 1.29 is 23.9 Å².